The summed E-state index contributed by atoms with van der Waals surface area (Å²) >= 11 is 0. The van der Waals surface area contributed by atoms with E-state index in [1.165, 1.54) is 6.20 Å². The van der Waals surface area contributed by atoms with Crippen LogP contribution >= 0.6 is 0 Å². The largest absolute Gasteiger partial charge is 0.462 e. The third kappa shape index (κ3) is 5.19. The lowest BCUT2D eigenvalue weighted by atomic mass is 10.1. The quantitative estimate of drug-likeness (QED) is 0.588. The van der Waals surface area contributed by atoms with Gasteiger partial charge in [-0.25, -0.2) is 4.79 Å². The number of nitrogens with one attached hydrogen (secondary N) is 2. The highest BCUT2D eigenvalue weighted by atomic mass is 16.5. The van der Waals surface area contributed by atoms with Crippen LogP contribution in [0.1, 0.15) is 38.8 Å². The number of benzene rings is 2. The first-order valence-electron chi connectivity index (χ1n) is 9.34. The summed E-state index contributed by atoms with van der Waals surface area (Å²) in [6.45, 7) is 6.05. The van der Waals surface area contributed by atoms with Crippen LogP contribution in [0, 0.1) is 13.8 Å². The number of carbonyl (C=O) groups is 2. The first kappa shape index (κ1) is 20.1. The van der Waals surface area contributed by atoms with Crippen LogP contribution in [0.25, 0.3) is 0 Å². The van der Waals surface area contributed by atoms with Gasteiger partial charge < -0.3 is 15.4 Å². The van der Waals surface area contributed by atoms with E-state index in [1.54, 1.807) is 43.5 Å². The van der Waals surface area contributed by atoms with Gasteiger partial charge in [0.15, 0.2) is 0 Å². The molecule has 0 aliphatic heterocycles. The van der Waals surface area contributed by atoms with E-state index in [-0.39, 0.29) is 12.5 Å². The van der Waals surface area contributed by atoms with Crippen molar-refractivity contribution in [1.82, 2.24) is 4.98 Å². The van der Waals surface area contributed by atoms with Gasteiger partial charge in [-0.15, -0.1) is 0 Å². The summed E-state index contributed by atoms with van der Waals surface area (Å²) in [5.41, 5.74) is 4.98. The number of esters is 1. The van der Waals surface area contributed by atoms with E-state index in [1.807, 2.05) is 26.0 Å². The predicted molar refractivity (Wildman–Crippen MR) is 114 cm³/mol. The molecule has 2 N–H and O–H groups in total. The van der Waals surface area contributed by atoms with E-state index >= 15 is 0 Å². The lowest BCUT2D eigenvalue weighted by Crippen LogP contribution is -2.16. The monoisotopic (exact) mass is 389 g/mol. The molecule has 0 radical (unpaired) electrons. The Morgan fingerprint density at radius 3 is 2.41 bits per heavy atom. The third-order valence-corrected chi connectivity index (χ3v) is 4.18. The number of amides is 1. The minimum atomic E-state index is -0.480. The molecule has 6 heteroatoms. The average molecular weight is 389 g/mol. The van der Waals surface area contributed by atoms with Gasteiger partial charge in [-0.05, 0) is 62.2 Å². The average Bonchev–Trinajstić information content (AvgIpc) is 2.68. The number of rotatable bonds is 6. The van der Waals surface area contributed by atoms with Crippen molar-refractivity contribution in [2.24, 2.45) is 0 Å². The van der Waals surface area contributed by atoms with Crippen LogP contribution in [-0.2, 0) is 4.74 Å². The van der Waals surface area contributed by atoms with Crippen molar-refractivity contribution in [3.63, 3.8) is 0 Å². The summed E-state index contributed by atoms with van der Waals surface area (Å²) < 4.78 is 5.05. The second kappa shape index (κ2) is 9.01. The molecule has 0 fully saturated rings. The molecular weight excluding hydrogens is 366 g/mol. The second-order valence-electron chi connectivity index (χ2n) is 6.68. The molecule has 3 aromatic rings. The Morgan fingerprint density at radius 1 is 0.966 bits per heavy atom. The van der Waals surface area contributed by atoms with Gasteiger partial charge in [0.1, 0.15) is 0 Å². The molecule has 148 valence electrons. The topological polar surface area (TPSA) is 80.3 Å². The summed E-state index contributed by atoms with van der Waals surface area (Å²) in [6.07, 6.45) is 3.13. The number of nitrogens with zero attached hydrogens (tertiary/aromatic N) is 1. The molecule has 0 bridgehead atoms. The van der Waals surface area contributed by atoms with Gasteiger partial charge in [-0.1, -0.05) is 18.2 Å². The molecule has 0 saturated heterocycles. The number of hydrogen-bond acceptors (Lipinski definition) is 5. The molecule has 0 aliphatic rings. The van der Waals surface area contributed by atoms with Crippen LogP contribution in [-0.4, -0.2) is 23.5 Å². The van der Waals surface area contributed by atoms with Crippen LogP contribution in [0.2, 0.25) is 0 Å². The number of hydrogen-bond donors (Lipinski definition) is 2. The minimum Gasteiger partial charge on any atom is -0.462 e. The van der Waals surface area contributed by atoms with Crippen LogP contribution in [0.3, 0.4) is 0 Å². The second-order valence-corrected chi connectivity index (χ2v) is 6.68. The van der Waals surface area contributed by atoms with Crippen LogP contribution < -0.4 is 10.6 Å². The summed E-state index contributed by atoms with van der Waals surface area (Å²) in [7, 11) is 0. The number of aryl methyl sites for hydroxylation is 2. The van der Waals surface area contributed by atoms with Gasteiger partial charge in [0.2, 0.25) is 0 Å². The fourth-order valence-electron chi connectivity index (χ4n) is 3.02. The maximum Gasteiger partial charge on any atom is 0.340 e. The molecule has 3 rings (SSSR count). The molecule has 29 heavy (non-hydrogen) atoms. The van der Waals surface area contributed by atoms with Crippen molar-refractivity contribution < 1.29 is 14.3 Å². The molecule has 0 saturated carbocycles. The molecule has 2 aromatic carbocycles. The van der Waals surface area contributed by atoms with E-state index in [9.17, 15) is 9.59 Å². The number of carbonyl (C=O) groups excluding carboxylic acids is 2. The smallest absolute Gasteiger partial charge is 0.340 e. The SMILES string of the molecule is CCOC(=O)c1ccccc1NC(=O)c1cncc(Nc2cc(C)cc(C)c2)c1. The zero-order valence-corrected chi connectivity index (χ0v) is 16.7. The Kier molecular flexibility index (Phi) is 6.24. The molecule has 0 spiro atoms. The number of para-hydroxylation sites is 1. The van der Waals surface area contributed by atoms with E-state index in [0.29, 0.717) is 22.5 Å². The van der Waals surface area contributed by atoms with Gasteiger partial charge in [-0.3, -0.25) is 9.78 Å². The Hall–Kier alpha value is -3.67. The molecule has 0 atom stereocenters. The van der Waals surface area contributed by atoms with Crippen molar-refractivity contribution >= 4 is 28.9 Å². The van der Waals surface area contributed by atoms with Gasteiger partial charge in [-0.2, -0.15) is 0 Å². The van der Waals surface area contributed by atoms with Crippen LogP contribution in [0.15, 0.2) is 60.9 Å². The number of aromatic nitrogens is 1. The molecule has 1 aromatic heterocycles. The molecule has 0 unspecified atom stereocenters. The fraction of sp³-hybridized carbons (Fsp3) is 0.174. The van der Waals surface area contributed by atoms with Crippen molar-refractivity contribution in [2.45, 2.75) is 20.8 Å². The predicted octanol–water partition coefficient (Wildman–Crippen LogP) is 4.87. The molecule has 1 amide bonds. The van der Waals surface area contributed by atoms with E-state index in [0.717, 1.165) is 16.8 Å². The normalized spacial score (nSPS) is 10.3. The maximum atomic E-state index is 12.7. The van der Waals surface area contributed by atoms with E-state index < -0.39 is 5.97 Å². The first-order chi connectivity index (χ1) is 14.0. The summed E-state index contributed by atoms with van der Waals surface area (Å²) in [5, 5.41) is 6.04. The molecule has 6 nitrogen and oxygen atoms in total. The summed E-state index contributed by atoms with van der Waals surface area (Å²) in [5.74, 6) is -0.843. The highest BCUT2D eigenvalue weighted by Gasteiger charge is 2.15. The van der Waals surface area contributed by atoms with Crippen LogP contribution in [0.4, 0.5) is 17.1 Å². The Balaban J connectivity index is 1.79. The molecular formula is C23H23N3O3. The van der Waals surface area contributed by atoms with Crippen molar-refractivity contribution in [3.05, 3.63) is 83.2 Å². The van der Waals surface area contributed by atoms with Crippen molar-refractivity contribution in [3.8, 4) is 0 Å². The van der Waals surface area contributed by atoms with Crippen molar-refractivity contribution in [2.75, 3.05) is 17.2 Å². The van der Waals surface area contributed by atoms with Gasteiger partial charge in [0, 0.05) is 11.9 Å². The van der Waals surface area contributed by atoms with Crippen LogP contribution in [0.5, 0.6) is 0 Å². The zero-order valence-electron chi connectivity index (χ0n) is 16.7. The first-order valence-corrected chi connectivity index (χ1v) is 9.34. The van der Waals surface area contributed by atoms with E-state index in [4.69, 9.17) is 4.74 Å². The Morgan fingerprint density at radius 2 is 1.69 bits per heavy atom. The van der Waals surface area contributed by atoms with Gasteiger partial charge >= 0.3 is 5.97 Å². The highest BCUT2D eigenvalue weighted by molar-refractivity contribution is 6.08. The number of pyridine rings is 1. The molecule has 0 aliphatic carbocycles. The lowest BCUT2D eigenvalue weighted by molar-refractivity contribution is 0.0527. The molecule has 1 heterocycles. The third-order valence-electron chi connectivity index (χ3n) is 4.18. The fourth-order valence-corrected chi connectivity index (χ4v) is 3.02. The zero-order chi connectivity index (χ0) is 20.8. The summed E-state index contributed by atoms with van der Waals surface area (Å²) in [4.78, 5) is 29.0. The lowest BCUT2D eigenvalue weighted by Gasteiger charge is -2.12. The maximum absolute atomic E-state index is 12.7. The Bertz CT molecular complexity index is 1030. The van der Waals surface area contributed by atoms with Gasteiger partial charge in [0.25, 0.3) is 5.91 Å². The Labute approximate surface area is 169 Å². The summed E-state index contributed by atoms with van der Waals surface area (Å²) in [6, 6.07) is 14.6. The standard InChI is InChI=1S/C23H23N3O3/c1-4-29-23(28)20-7-5-6-8-21(20)26-22(27)17-12-19(14-24-13-17)25-18-10-15(2)9-16(3)11-18/h5-14,25H,4H2,1-3H3,(H,26,27). The minimum absolute atomic E-state index is 0.261. The highest BCUT2D eigenvalue weighted by Crippen LogP contribution is 2.21. The van der Waals surface area contributed by atoms with E-state index in [2.05, 4.69) is 21.7 Å². The van der Waals surface area contributed by atoms with Crippen molar-refractivity contribution in [1.29, 1.82) is 0 Å². The van der Waals surface area contributed by atoms with Gasteiger partial charge in [0.05, 0.1) is 35.3 Å². The number of ether oxygens (including phenoxy) is 1. The number of anilines is 3.